The molecule has 0 amide bonds. The van der Waals surface area contributed by atoms with Crippen molar-refractivity contribution in [3.05, 3.63) is 42.6 Å². The molecule has 33 heavy (non-hydrogen) atoms. The largest absolute Gasteiger partial charge is 0.573 e. The molecule has 0 spiro atoms. The molecule has 3 aromatic heterocycles. The number of hydrogen-bond donors (Lipinski definition) is 1. The zero-order chi connectivity index (χ0) is 23.6. The summed E-state index contributed by atoms with van der Waals surface area (Å²) in [6, 6.07) is 3.69. The number of ether oxygens (including phenoxy) is 1. The van der Waals surface area contributed by atoms with Crippen LogP contribution in [0.1, 0.15) is 18.5 Å². The lowest BCUT2D eigenvalue weighted by Gasteiger charge is -2.34. The summed E-state index contributed by atoms with van der Waals surface area (Å²) in [4.78, 5) is 13.7. The van der Waals surface area contributed by atoms with E-state index in [-0.39, 0.29) is 6.04 Å². The standard InChI is InChI=1S/C19H18F5IN6OS/c20-18(21,15-2-1-13(9-26-15)32-19(22,23)24)10-30-6-3-12(4-7-30)29-16-14-5-8-31(33-25)17(14)28-11-27-16/h1-2,5,8-9,11-12H,3-4,6-7,10H2,(H,27,28,29). The number of halogens is 6. The number of nitrogens with zero attached hydrogens (tertiary/aromatic N) is 5. The van der Waals surface area contributed by atoms with Crippen LogP contribution < -0.4 is 10.1 Å². The highest BCUT2D eigenvalue weighted by atomic mass is 127. The predicted molar refractivity (Wildman–Crippen MR) is 122 cm³/mol. The second-order valence-corrected chi connectivity index (χ2v) is 9.21. The van der Waals surface area contributed by atoms with E-state index >= 15 is 0 Å². The Balaban J connectivity index is 1.33. The Bertz CT molecular complexity index is 1090. The van der Waals surface area contributed by atoms with Gasteiger partial charge < -0.3 is 10.1 Å². The van der Waals surface area contributed by atoms with Gasteiger partial charge in [-0.15, -0.1) is 13.2 Å². The fraction of sp³-hybridized carbons (Fsp3) is 0.421. The minimum Gasteiger partial charge on any atom is -0.404 e. The Morgan fingerprint density at radius 3 is 2.48 bits per heavy atom. The van der Waals surface area contributed by atoms with Crippen molar-refractivity contribution in [1.82, 2.24) is 23.8 Å². The molecule has 0 aliphatic carbocycles. The van der Waals surface area contributed by atoms with Gasteiger partial charge in [0.15, 0.2) is 5.65 Å². The van der Waals surface area contributed by atoms with E-state index in [1.165, 1.54) is 15.4 Å². The monoisotopic (exact) mass is 600 g/mol. The molecule has 0 aromatic carbocycles. The first-order chi connectivity index (χ1) is 15.6. The van der Waals surface area contributed by atoms with Crippen LogP contribution in [0.3, 0.4) is 0 Å². The molecular weight excluding hydrogens is 582 g/mol. The van der Waals surface area contributed by atoms with Crippen LogP contribution in [0.5, 0.6) is 5.75 Å². The van der Waals surface area contributed by atoms with Crippen LogP contribution in [0.15, 0.2) is 36.9 Å². The van der Waals surface area contributed by atoms with Crippen molar-refractivity contribution in [3.8, 4) is 5.75 Å². The van der Waals surface area contributed by atoms with Gasteiger partial charge in [-0.25, -0.2) is 9.97 Å². The van der Waals surface area contributed by atoms with Gasteiger partial charge in [-0.3, -0.25) is 13.9 Å². The Labute approximate surface area is 201 Å². The van der Waals surface area contributed by atoms with Crippen molar-refractivity contribution in [2.24, 2.45) is 0 Å². The number of fused-ring (bicyclic) bond motifs is 1. The first-order valence-corrected chi connectivity index (χ1v) is 13.2. The molecule has 1 saturated heterocycles. The molecule has 3 aromatic rings. The van der Waals surface area contributed by atoms with E-state index < -0.39 is 30.3 Å². The minimum atomic E-state index is -4.90. The lowest BCUT2D eigenvalue weighted by molar-refractivity contribution is -0.274. The van der Waals surface area contributed by atoms with Gasteiger partial charge in [0.05, 0.1) is 18.1 Å². The Morgan fingerprint density at radius 2 is 1.85 bits per heavy atom. The molecular formula is C19H18F5IN6OS. The quantitative estimate of drug-likeness (QED) is 0.294. The van der Waals surface area contributed by atoms with Crippen LogP contribution in [0.25, 0.3) is 11.0 Å². The summed E-state index contributed by atoms with van der Waals surface area (Å²) in [5, 5.41) is 4.28. The van der Waals surface area contributed by atoms with Crippen molar-refractivity contribution in [3.63, 3.8) is 0 Å². The molecule has 178 valence electrons. The summed E-state index contributed by atoms with van der Waals surface area (Å²) in [5.41, 5.74) is 0.196. The first-order valence-electron chi connectivity index (χ1n) is 9.85. The van der Waals surface area contributed by atoms with E-state index in [0.717, 1.165) is 23.2 Å². The number of aromatic nitrogens is 4. The first kappa shape index (κ1) is 24.2. The molecule has 1 aliphatic heterocycles. The molecule has 1 N–H and O–H groups in total. The third kappa shape index (κ3) is 5.95. The van der Waals surface area contributed by atoms with Gasteiger partial charge in [0, 0.05) is 55.7 Å². The normalized spacial score (nSPS) is 16.3. The summed E-state index contributed by atoms with van der Waals surface area (Å²) in [6.07, 6.45) is 0.410. The van der Waals surface area contributed by atoms with E-state index in [1.807, 2.05) is 16.2 Å². The third-order valence-corrected chi connectivity index (χ3v) is 6.93. The average molecular weight is 600 g/mol. The molecule has 4 heterocycles. The van der Waals surface area contributed by atoms with E-state index in [0.29, 0.717) is 37.9 Å². The number of hydrogen-bond acceptors (Lipinski definition) is 7. The molecule has 0 radical (unpaired) electrons. The number of piperidine rings is 1. The molecule has 14 heteroatoms. The highest BCUT2D eigenvalue weighted by Gasteiger charge is 2.37. The molecule has 0 atom stereocenters. The molecule has 0 bridgehead atoms. The molecule has 4 rings (SSSR count). The third-order valence-electron chi connectivity index (χ3n) is 5.22. The van der Waals surface area contributed by atoms with E-state index in [1.54, 1.807) is 4.90 Å². The van der Waals surface area contributed by atoms with Crippen molar-refractivity contribution in [2.45, 2.75) is 31.2 Å². The molecule has 0 unspecified atom stereocenters. The van der Waals surface area contributed by atoms with Crippen molar-refractivity contribution in [1.29, 1.82) is 0 Å². The van der Waals surface area contributed by atoms with E-state index in [9.17, 15) is 22.0 Å². The van der Waals surface area contributed by atoms with Gasteiger partial charge in [0.2, 0.25) is 0 Å². The van der Waals surface area contributed by atoms with Crippen LogP contribution in [-0.2, 0) is 5.92 Å². The van der Waals surface area contributed by atoms with Crippen LogP contribution in [-0.4, -0.2) is 55.9 Å². The molecule has 7 nitrogen and oxygen atoms in total. The van der Waals surface area contributed by atoms with Gasteiger partial charge >= 0.3 is 12.3 Å². The summed E-state index contributed by atoms with van der Waals surface area (Å²) in [5.74, 6) is -3.24. The zero-order valence-corrected chi connectivity index (χ0v) is 19.9. The molecule has 0 saturated carbocycles. The SMILES string of the molecule is FC(F)(F)Oc1ccc(C(F)(F)CN2CCC(Nc3ncnc4c3ccn4SI)CC2)nc1. The van der Waals surface area contributed by atoms with Crippen molar-refractivity contribution < 1.29 is 26.7 Å². The Morgan fingerprint density at radius 1 is 1.09 bits per heavy atom. The van der Waals surface area contributed by atoms with Crippen LogP contribution in [0, 0.1) is 0 Å². The van der Waals surface area contributed by atoms with Gasteiger partial charge in [-0.05, 0) is 31.0 Å². The van der Waals surface area contributed by atoms with Crippen molar-refractivity contribution in [2.75, 3.05) is 25.0 Å². The lowest BCUT2D eigenvalue weighted by atomic mass is 10.0. The molecule has 1 fully saturated rings. The van der Waals surface area contributed by atoms with Gasteiger partial charge in [-0.1, -0.05) is 0 Å². The maximum Gasteiger partial charge on any atom is 0.573 e. The highest BCUT2D eigenvalue weighted by Crippen LogP contribution is 2.32. The zero-order valence-electron chi connectivity index (χ0n) is 16.9. The van der Waals surface area contributed by atoms with Gasteiger partial charge in [0.25, 0.3) is 0 Å². The fourth-order valence-corrected chi connectivity index (χ4v) is 4.95. The topological polar surface area (TPSA) is 68.1 Å². The number of rotatable bonds is 7. The van der Waals surface area contributed by atoms with Gasteiger partial charge in [0.1, 0.15) is 23.6 Å². The molecule has 1 aliphatic rings. The summed E-state index contributed by atoms with van der Waals surface area (Å²) >= 11 is 2.16. The second-order valence-electron chi connectivity index (χ2n) is 7.50. The lowest BCUT2D eigenvalue weighted by Crippen LogP contribution is -2.44. The summed E-state index contributed by atoms with van der Waals surface area (Å²) in [6.45, 7) is 0.294. The van der Waals surface area contributed by atoms with E-state index in [2.05, 4.69) is 46.2 Å². The van der Waals surface area contributed by atoms with Crippen LogP contribution >= 0.6 is 30.3 Å². The Hall–Kier alpha value is -1.94. The predicted octanol–water partition coefficient (Wildman–Crippen LogP) is 5.24. The maximum absolute atomic E-state index is 14.7. The number of alkyl halides is 5. The fourth-order valence-electron chi connectivity index (χ4n) is 3.68. The highest BCUT2D eigenvalue weighted by molar-refractivity contribution is 14.2. The Kier molecular flexibility index (Phi) is 7.14. The second kappa shape index (κ2) is 9.74. The smallest absolute Gasteiger partial charge is 0.404 e. The number of likely N-dealkylation sites (tertiary alicyclic amines) is 1. The van der Waals surface area contributed by atoms with Crippen LogP contribution in [0.2, 0.25) is 0 Å². The number of pyridine rings is 1. The maximum atomic E-state index is 14.7. The van der Waals surface area contributed by atoms with E-state index in [4.69, 9.17) is 0 Å². The number of anilines is 1. The van der Waals surface area contributed by atoms with Gasteiger partial charge in [-0.2, -0.15) is 8.78 Å². The summed E-state index contributed by atoms with van der Waals surface area (Å²) in [7, 11) is 1.50. The van der Waals surface area contributed by atoms with Crippen LogP contribution in [0.4, 0.5) is 27.8 Å². The average Bonchev–Trinajstić information content (AvgIpc) is 3.18. The summed E-state index contributed by atoms with van der Waals surface area (Å²) < 4.78 is 71.6. The minimum absolute atomic E-state index is 0.0699. The van der Waals surface area contributed by atoms with Crippen molar-refractivity contribution >= 4 is 47.2 Å². The number of nitrogens with one attached hydrogen (secondary N) is 1.